The fourth-order valence-corrected chi connectivity index (χ4v) is 1.52. The van der Waals surface area contributed by atoms with Gasteiger partial charge < -0.3 is 5.73 Å². The zero-order chi connectivity index (χ0) is 10.7. The molecule has 0 spiro atoms. The molecule has 0 saturated heterocycles. The van der Waals surface area contributed by atoms with Crippen LogP contribution < -0.4 is 5.73 Å². The highest BCUT2D eigenvalue weighted by Gasteiger charge is 2.02. The van der Waals surface area contributed by atoms with E-state index in [1.54, 1.807) is 6.20 Å². The number of rotatable bonds is 3. The Balaban J connectivity index is 2.23. The van der Waals surface area contributed by atoms with E-state index < -0.39 is 0 Å². The first-order chi connectivity index (χ1) is 7.29. The minimum atomic E-state index is 0.469. The molecule has 0 radical (unpaired) electrons. The molecule has 0 aliphatic rings. The Morgan fingerprint density at radius 1 is 1.40 bits per heavy atom. The lowest BCUT2D eigenvalue weighted by Crippen LogP contribution is -2.08. The number of nitrogens with two attached hydrogens (primary N) is 1. The largest absolute Gasteiger partial charge is 0.325 e. The Kier molecular flexibility index (Phi) is 2.78. The quantitative estimate of drug-likeness (QED) is 0.810. The first kappa shape index (κ1) is 9.86. The molecule has 4 nitrogen and oxygen atoms in total. The molecule has 0 aliphatic heterocycles. The molecule has 0 aromatic carbocycles. The number of hydrogen-bond donors (Lipinski definition) is 1. The van der Waals surface area contributed by atoms with Crippen molar-refractivity contribution >= 4 is 0 Å². The van der Waals surface area contributed by atoms with Crippen molar-refractivity contribution in [2.45, 2.75) is 20.0 Å². The average Bonchev–Trinajstić information content (AvgIpc) is 2.65. The molecular weight excluding hydrogens is 188 g/mol. The van der Waals surface area contributed by atoms with Gasteiger partial charge in [0, 0.05) is 18.9 Å². The smallest absolute Gasteiger partial charge is 0.0677 e. The van der Waals surface area contributed by atoms with Gasteiger partial charge in [0.15, 0.2) is 0 Å². The number of pyridine rings is 1. The molecule has 4 heteroatoms. The maximum atomic E-state index is 5.62. The second-order valence-electron chi connectivity index (χ2n) is 3.47. The van der Waals surface area contributed by atoms with E-state index in [0.29, 0.717) is 6.54 Å². The summed E-state index contributed by atoms with van der Waals surface area (Å²) in [5.74, 6) is 0. The van der Waals surface area contributed by atoms with Crippen LogP contribution in [0.4, 0.5) is 0 Å². The van der Waals surface area contributed by atoms with Gasteiger partial charge in [-0.25, -0.2) is 0 Å². The molecule has 78 valence electrons. The van der Waals surface area contributed by atoms with Gasteiger partial charge in [0.2, 0.25) is 0 Å². The molecular formula is C11H14N4. The molecule has 2 N–H and O–H groups in total. The van der Waals surface area contributed by atoms with E-state index in [1.165, 1.54) is 0 Å². The van der Waals surface area contributed by atoms with Crippen LogP contribution >= 0.6 is 0 Å². The van der Waals surface area contributed by atoms with Gasteiger partial charge in [0.05, 0.1) is 17.9 Å². The van der Waals surface area contributed by atoms with Gasteiger partial charge >= 0.3 is 0 Å². The Labute approximate surface area is 88.8 Å². The first-order valence-corrected chi connectivity index (χ1v) is 4.92. The highest BCUT2D eigenvalue weighted by Crippen LogP contribution is 2.06. The Morgan fingerprint density at radius 2 is 2.27 bits per heavy atom. The summed E-state index contributed by atoms with van der Waals surface area (Å²) in [6, 6.07) is 5.94. The third kappa shape index (κ3) is 2.22. The molecule has 2 heterocycles. The summed E-state index contributed by atoms with van der Waals surface area (Å²) in [5, 5.41) is 4.33. The van der Waals surface area contributed by atoms with Crippen LogP contribution in [0.2, 0.25) is 0 Å². The summed E-state index contributed by atoms with van der Waals surface area (Å²) < 4.78 is 1.89. The van der Waals surface area contributed by atoms with Crippen molar-refractivity contribution in [3.8, 4) is 0 Å². The average molecular weight is 202 g/mol. The third-order valence-corrected chi connectivity index (χ3v) is 2.28. The van der Waals surface area contributed by atoms with Crippen LogP contribution in [-0.2, 0) is 13.1 Å². The normalized spacial score (nSPS) is 10.5. The molecule has 0 atom stereocenters. The Bertz CT molecular complexity index is 447. The van der Waals surface area contributed by atoms with Gasteiger partial charge in [-0.05, 0) is 24.6 Å². The summed E-state index contributed by atoms with van der Waals surface area (Å²) >= 11 is 0. The molecule has 0 aliphatic carbocycles. The molecule has 15 heavy (non-hydrogen) atoms. The molecule has 0 saturated carbocycles. The predicted octanol–water partition coefficient (Wildman–Crippen LogP) is 1.09. The zero-order valence-electron chi connectivity index (χ0n) is 8.72. The van der Waals surface area contributed by atoms with Crippen molar-refractivity contribution < 1.29 is 0 Å². The molecule has 2 rings (SSSR count). The summed E-state index contributed by atoms with van der Waals surface area (Å²) in [6.07, 6.45) is 3.72. The molecule has 0 amide bonds. The summed E-state index contributed by atoms with van der Waals surface area (Å²) in [4.78, 5) is 4.23. The molecule has 0 unspecified atom stereocenters. The van der Waals surface area contributed by atoms with Crippen LogP contribution in [0.25, 0.3) is 0 Å². The van der Waals surface area contributed by atoms with Crippen LogP contribution in [0, 0.1) is 6.92 Å². The maximum absolute atomic E-state index is 5.62. The molecule has 2 aromatic rings. The van der Waals surface area contributed by atoms with Crippen molar-refractivity contribution in [1.82, 2.24) is 14.8 Å². The topological polar surface area (TPSA) is 56.7 Å². The SMILES string of the molecule is Cc1ccn(Cc2cccnc2CN)n1. The second kappa shape index (κ2) is 4.23. The lowest BCUT2D eigenvalue weighted by atomic mass is 10.2. The van der Waals surface area contributed by atoms with Gasteiger partial charge in [-0.15, -0.1) is 0 Å². The number of hydrogen-bond acceptors (Lipinski definition) is 3. The van der Waals surface area contributed by atoms with E-state index in [9.17, 15) is 0 Å². The van der Waals surface area contributed by atoms with Crippen LogP contribution in [0.3, 0.4) is 0 Å². The van der Waals surface area contributed by atoms with Gasteiger partial charge in [-0.3, -0.25) is 9.67 Å². The fraction of sp³-hybridized carbons (Fsp3) is 0.273. The number of aromatic nitrogens is 3. The summed E-state index contributed by atoms with van der Waals surface area (Å²) in [7, 11) is 0. The number of nitrogens with zero attached hydrogens (tertiary/aromatic N) is 3. The van der Waals surface area contributed by atoms with Crippen molar-refractivity contribution in [3.05, 3.63) is 47.5 Å². The highest BCUT2D eigenvalue weighted by atomic mass is 15.3. The minimum absolute atomic E-state index is 0.469. The van der Waals surface area contributed by atoms with Crippen LogP contribution in [0.5, 0.6) is 0 Å². The van der Waals surface area contributed by atoms with Crippen molar-refractivity contribution in [1.29, 1.82) is 0 Å². The maximum Gasteiger partial charge on any atom is 0.0677 e. The lowest BCUT2D eigenvalue weighted by molar-refractivity contribution is 0.670. The highest BCUT2D eigenvalue weighted by molar-refractivity contribution is 5.19. The van der Waals surface area contributed by atoms with Gasteiger partial charge in [-0.2, -0.15) is 5.10 Å². The minimum Gasteiger partial charge on any atom is -0.325 e. The molecule has 0 bridgehead atoms. The fourth-order valence-electron chi connectivity index (χ4n) is 1.52. The van der Waals surface area contributed by atoms with Crippen LogP contribution in [0.1, 0.15) is 17.0 Å². The standard InChI is InChI=1S/C11H14N4/c1-9-4-6-15(14-9)8-10-3-2-5-13-11(10)7-12/h2-6H,7-8,12H2,1H3. The zero-order valence-corrected chi connectivity index (χ0v) is 8.72. The second-order valence-corrected chi connectivity index (χ2v) is 3.47. The van der Waals surface area contributed by atoms with E-state index >= 15 is 0 Å². The van der Waals surface area contributed by atoms with Gasteiger partial charge in [-0.1, -0.05) is 6.07 Å². The lowest BCUT2D eigenvalue weighted by Gasteiger charge is -2.06. The predicted molar refractivity (Wildman–Crippen MR) is 58.2 cm³/mol. The van der Waals surface area contributed by atoms with E-state index in [1.807, 2.05) is 36.0 Å². The summed E-state index contributed by atoms with van der Waals surface area (Å²) in [5.41, 5.74) is 8.70. The van der Waals surface area contributed by atoms with E-state index in [0.717, 1.165) is 23.5 Å². The van der Waals surface area contributed by atoms with Gasteiger partial charge in [0.1, 0.15) is 0 Å². The van der Waals surface area contributed by atoms with Crippen molar-refractivity contribution in [2.24, 2.45) is 5.73 Å². The van der Waals surface area contributed by atoms with Crippen molar-refractivity contribution in [2.75, 3.05) is 0 Å². The Hall–Kier alpha value is -1.68. The monoisotopic (exact) mass is 202 g/mol. The Morgan fingerprint density at radius 3 is 2.93 bits per heavy atom. The van der Waals surface area contributed by atoms with E-state index in [-0.39, 0.29) is 0 Å². The van der Waals surface area contributed by atoms with E-state index in [4.69, 9.17) is 5.73 Å². The van der Waals surface area contributed by atoms with E-state index in [2.05, 4.69) is 10.1 Å². The van der Waals surface area contributed by atoms with Crippen LogP contribution in [0.15, 0.2) is 30.6 Å². The third-order valence-electron chi connectivity index (χ3n) is 2.28. The van der Waals surface area contributed by atoms with Crippen LogP contribution in [-0.4, -0.2) is 14.8 Å². The molecule has 2 aromatic heterocycles. The first-order valence-electron chi connectivity index (χ1n) is 4.92. The molecule has 0 fully saturated rings. The van der Waals surface area contributed by atoms with Gasteiger partial charge in [0.25, 0.3) is 0 Å². The van der Waals surface area contributed by atoms with Crippen molar-refractivity contribution in [3.63, 3.8) is 0 Å². The number of aryl methyl sites for hydroxylation is 1. The summed E-state index contributed by atoms with van der Waals surface area (Å²) in [6.45, 7) is 3.17.